The summed E-state index contributed by atoms with van der Waals surface area (Å²) in [5, 5.41) is 12.2. The molecular formula is C14H22N2O. The van der Waals surface area contributed by atoms with E-state index in [0.717, 1.165) is 39.1 Å². The third kappa shape index (κ3) is 3.28. The van der Waals surface area contributed by atoms with Gasteiger partial charge in [-0.3, -0.25) is 4.90 Å². The average molecular weight is 234 g/mol. The topological polar surface area (TPSA) is 35.5 Å². The highest BCUT2D eigenvalue weighted by atomic mass is 16.3. The Morgan fingerprint density at radius 3 is 2.88 bits per heavy atom. The monoisotopic (exact) mass is 234 g/mol. The molecule has 0 saturated carbocycles. The van der Waals surface area contributed by atoms with Gasteiger partial charge >= 0.3 is 0 Å². The van der Waals surface area contributed by atoms with Crippen LogP contribution in [-0.2, 0) is 19.6 Å². The minimum absolute atomic E-state index is 0.290. The number of aliphatic hydroxyl groups is 1. The summed E-state index contributed by atoms with van der Waals surface area (Å²) in [6, 6.07) is 6.79. The second kappa shape index (κ2) is 6.15. The van der Waals surface area contributed by atoms with Gasteiger partial charge in [0.1, 0.15) is 0 Å². The number of nitrogens with zero attached hydrogens (tertiary/aromatic N) is 1. The molecule has 1 aliphatic heterocycles. The molecule has 1 aliphatic rings. The van der Waals surface area contributed by atoms with E-state index in [-0.39, 0.29) is 0 Å². The third-order valence-electron chi connectivity index (χ3n) is 3.27. The first-order valence-electron chi connectivity index (χ1n) is 6.48. The molecular weight excluding hydrogens is 212 g/mol. The largest absolute Gasteiger partial charge is 0.396 e. The lowest BCUT2D eigenvalue weighted by Gasteiger charge is -2.12. The van der Waals surface area contributed by atoms with Crippen LogP contribution in [0.15, 0.2) is 18.2 Å². The molecule has 0 bridgehead atoms. The van der Waals surface area contributed by atoms with Gasteiger partial charge in [-0.15, -0.1) is 0 Å². The van der Waals surface area contributed by atoms with Gasteiger partial charge in [-0.2, -0.15) is 0 Å². The first kappa shape index (κ1) is 12.6. The van der Waals surface area contributed by atoms with Crippen LogP contribution in [0.1, 0.15) is 30.0 Å². The van der Waals surface area contributed by atoms with Gasteiger partial charge in [0.15, 0.2) is 0 Å². The molecule has 1 aromatic carbocycles. The van der Waals surface area contributed by atoms with Crippen molar-refractivity contribution in [3.8, 4) is 0 Å². The van der Waals surface area contributed by atoms with Gasteiger partial charge in [-0.05, 0) is 29.7 Å². The first-order chi connectivity index (χ1) is 8.33. The number of fused-ring (bicyclic) bond motifs is 1. The SMILES string of the molecule is CCNCc1ccc2c(c1)CN(CCCO)C2. The Hall–Kier alpha value is -0.900. The van der Waals surface area contributed by atoms with Gasteiger partial charge in [-0.25, -0.2) is 0 Å². The molecule has 94 valence electrons. The molecule has 0 unspecified atom stereocenters. The summed E-state index contributed by atoms with van der Waals surface area (Å²) in [7, 11) is 0. The quantitative estimate of drug-likeness (QED) is 0.783. The lowest BCUT2D eigenvalue weighted by atomic mass is 10.1. The minimum Gasteiger partial charge on any atom is -0.396 e. The van der Waals surface area contributed by atoms with Crippen LogP contribution in [0.4, 0.5) is 0 Å². The molecule has 17 heavy (non-hydrogen) atoms. The zero-order chi connectivity index (χ0) is 12.1. The number of benzene rings is 1. The van der Waals surface area contributed by atoms with E-state index in [2.05, 4.69) is 35.3 Å². The fourth-order valence-electron chi connectivity index (χ4n) is 2.35. The van der Waals surface area contributed by atoms with Gasteiger partial charge in [0, 0.05) is 32.8 Å². The van der Waals surface area contributed by atoms with Crippen LogP contribution in [0.25, 0.3) is 0 Å². The predicted molar refractivity (Wildman–Crippen MR) is 69.6 cm³/mol. The summed E-state index contributed by atoms with van der Waals surface area (Å²) >= 11 is 0. The summed E-state index contributed by atoms with van der Waals surface area (Å²) in [4.78, 5) is 2.40. The van der Waals surface area contributed by atoms with E-state index >= 15 is 0 Å². The standard InChI is InChI=1S/C14H22N2O/c1-2-15-9-12-4-5-13-10-16(6-3-7-17)11-14(13)8-12/h4-5,8,15,17H,2-3,6-7,9-11H2,1H3. The van der Waals surface area contributed by atoms with Gasteiger partial charge < -0.3 is 10.4 Å². The van der Waals surface area contributed by atoms with Gasteiger partial charge in [-0.1, -0.05) is 25.1 Å². The van der Waals surface area contributed by atoms with Gasteiger partial charge in [0.2, 0.25) is 0 Å². The Bertz CT molecular complexity index is 365. The van der Waals surface area contributed by atoms with Gasteiger partial charge in [0.25, 0.3) is 0 Å². The summed E-state index contributed by atoms with van der Waals surface area (Å²) in [6.07, 6.45) is 0.873. The molecule has 1 heterocycles. The molecule has 1 aromatic rings. The molecule has 0 spiro atoms. The fraction of sp³-hybridized carbons (Fsp3) is 0.571. The van der Waals surface area contributed by atoms with Crippen molar-refractivity contribution >= 4 is 0 Å². The van der Waals surface area contributed by atoms with Crippen molar-refractivity contribution in [2.45, 2.75) is 33.0 Å². The predicted octanol–water partition coefficient (Wildman–Crippen LogP) is 1.49. The van der Waals surface area contributed by atoms with E-state index in [4.69, 9.17) is 5.11 Å². The maximum absolute atomic E-state index is 8.85. The number of nitrogens with one attached hydrogen (secondary N) is 1. The van der Waals surface area contributed by atoms with Crippen molar-refractivity contribution in [3.63, 3.8) is 0 Å². The Balaban J connectivity index is 1.95. The zero-order valence-corrected chi connectivity index (χ0v) is 10.6. The van der Waals surface area contributed by atoms with Crippen LogP contribution in [0, 0.1) is 0 Å². The third-order valence-corrected chi connectivity index (χ3v) is 3.27. The molecule has 2 N–H and O–H groups in total. The number of aliphatic hydroxyl groups excluding tert-OH is 1. The molecule has 0 amide bonds. The van der Waals surface area contributed by atoms with Gasteiger partial charge in [0.05, 0.1) is 0 Å². The molecule has 0 atom stereocenters. The molecule has 0 fully saturated rings. The molecule has 0 saturated heterocycles. The van der Waals surface area contributed by atoms with Crippen molar-refractivity contribution in [1.29, 1.82) is 0 Å². The van der Waals surface area contributed by atoms with E-state index in [1.165, 1.54) is 16.7 Å². The summed E-state index contributed by atoms with van der Waals surface area (Å²) in [6.45, 7) is 7.46. The molecule has 0 aliphatic carbocycles. The van der Waals surface area contributed by atoms with E-state index in [0.29, 0.717) is 6.61 Å². The Morgan fingerprint density at radius 1 is 1.29 bits per heavy atom. The van der Waals surface area contributed by atoms with Crippen LogP contribution in [-0.4, -0.2) is 29.7 Å². The highest BCUT2D eigenvalue weighted by Gasteiger charge is 2.18. The molecule has 0 aromatic heterocycles. The Labute approximate surface area is 103 Å². The summed E-state index contributed by atoms with van der Waals surface area (Å²) in [5.74, 6) is 0. The summed E-state index contributed by atoms with van der Waals surface area (Å²) < 4.78 is 0. The smallest absolute Gasteiger partial charge is 0.0443 e. The molecule has 2 rings (SSSR count). The van der Waals surface area contributed by atoms with E-state index in [1.54, 1.807) is 0 Å². The Kier molecular flexibility index (Phi) is 4.54. The maximum Gasteiger partial charge on any atom is 0.0443 e. The minimum atomic E-state index is 0.290. The lowest BCUT2D eigenvalue weighted by Crippen LogP contribution is -2.18. The zero-order valence-electron chi connectivity index (χ0n) is 10.6. The van der Waals surface area contributed by atoms with Crippen molar-refractivity contribution in [3.05, 3.63) is 34.9 Å². The van der Waals surface area contributed by atoms with E-state index in [1.807, 2.05) is 0 Å². The fourth-order valence-corrected chi connectivity index (χ4v) is 2.35. The number of rotatable bonds is 6. The summed E-state index contributed by atoms with van der Waals surface area (Å²) in [5.41, 5.74) is 4.27. The van der Waals surface area contributed by atoms with E-state index in [9.17, 15) is 0 Å². The average Bonchev–Trinajstić information content (AvgIpc) is 2.75. The highest BCUT2D eigenvalue weighted by molar-refractivity contribution is 5.34. The van der Waals surface area contributed by atoms with Crippen molar-refractivity contribution in [2.75, 3.05) is 19.7 Å². The van der Waals surface area contributed by atoms with Crippen molar-refractivity contribution in [2.24, 2.45) is 0 Å². The molecule has 3 nitrogen and oxygen atoms in total. The van der Waals surface area contributed by atoms with Crippen LogP contribution in [0.5, 0.6) is 0 Å². The normalized spacial score (nSPS) is 15.2. The van der Waals surface area contributed by atoms with Crippen LogP contribution < -0.4 is 5.32 Å². The first-order valence-corrected chi connectivity index (χ1v) is 6.48. The second-order valence-corrected chi connectivity index (χ2v) is 4.67. The van der Waals surface area contributed by atoms with Crippen LogP contribution in [0.2, 0.25) is 0 Å². The second-order valence-electron chi connectivity index (χ2n) is 4.67. The van der Waals surface area contributed by atoms with Crippen molar-refractivity contribution < 1.29 is 5.11 Å². The molecule has 3 heteroatoms. The van der Waals surface area contributed by atoms with Crippen molar-refractivity contribution in [1.82, 2.24) is 10.2 Å². The molecule has 0 radical (unpaired) electrons. The highest BCUT2D eigenvalue weighted by Crippen LogP contribution is 2.23. The number of hydrogen-bond donors (Lipinski definition) is 2. The lowest BCUT2D eigenvalue weighted by molar-refractivity contribution is 0.226. The number of hydrogen-bond acceptors (Lipinski definition) is 3. The van der Waals surface area contributed by atoms with Crippen LogP contribution in [0.3, 0.4) is 0 Å². The van der Waals surface area contributed by atoms with E-state index < -0.39 is 0 Å². The Morgan fingerprint density at radius 2 is 2.12 bits per heavy atom. The van der Waals surface area contributed by atoms with Crippen LogP contribution >= 0.6 is 0 Å². The maximum atomic E-state index is 8.85.